The Balaban J connectivity index is 3.24. The van der Waals surface area contributed by atoms with Crippen molar-refractivity contribution >= 4 is 0 Å². The Morgan fingerprint density at radius 2 is 0.833 bits per heavy atom. The zero-order chi connectivity index (χ0) is 23.3. The molecule has 0 radical (unpaired) electrons. The quantitative estimate of drug-likeness (QED) is 0.167. The van der Waals surface area contributed by atoms with Crippen LogP contribution in [0.2, 0.25) is 0 Å². The van der Waals surface area contributed by atoms with Gasteiger partial charge < -0.3 is 26.2 Å². The van der Waals surface area contributed by atoms with Gasteiger partial charge in [-0.15, -0.1) is 0 Å². The van der Waals surface area contributed by atoms with Crippen molar-refractivity contribution in [2.75, 3.05) is 81.6 Å². The van der Waals surface area contributed by atoms with E-state index in [4.69, 9.17) is 34.4 Å². The predicted molar refractivity (Wildman–Crippen MR) is 123 cm³/mol. The van der Waals surface area contributed by atoms with E-state index < -0.39 is 17.2 Å². The Labute approximate surface area is 182 Å². The third-order valence-electron chi connectivity index (χ3n) is 5.65. The summed E-state index contributed by atoms with van der Waals surface area (Å²) in [7, 11) is 12.2. The van der Waals surface area contributed by atoms with Crippen molar-refractivity contribution in [3.63, 3.8) is 0 Å². The fourth-order valence-corrected chi connectivity index (χ4v) is 3.70. The molecule has 1 aliphatic heterocycles. The van der Waals surface area contributed by atoms with Gasteiger partial charge in [0.1, 0.15) is 0 Å². The zero-order valence-electron chi connectivity index (χ0n) is 20.0. The van der Waals surface area contributed by atoms with Crippen LogP contribution in [0.15, 0.2) is 0 Å². The Bertz CT molecular complexity index is 469. The molecular formula is C18H48N12. The third kappa shape index (κ3) is 6.28. The van der Waals surface area contributed by atoms with Crippen LogP contribution in [0.1, 0.15) is 19.3 Å². The fraction of sp³-hybridized carbons (Fsp3) is 1.00. The molecule has 0 unspecified atom stereocenters. The highest BCUT2D eigenvalue weighted by molar-refractivity contribution is 5.13. The van der Waals surface area contributed by atoms with Crippen LogP contribution < -0.4 is 34.4 Å². The number of nitrogens with zero attached hydrogens (tertiary/aromatic N) is 6. The molecule has 0 aliphatic carbocycles. The molecule has 1 heterocycles. The lowest BCUT2D eigenvalue weighted by Crippen LogP contribution is -3.02. The van der Waals surface area contributed by atoms with Crippen molar-refractivity contribution in [1.82, 2.24) is 29.8 Å². The summed E-state index contributed by atoms with van der Waals surface area (Å²) in [5.41, 5.74) is 37.3. The van der Waals surface area contributed by atoms with Gasteiger partial charge >= 0.3 is 0 Å². The van der Waals surface area contributed by atoms with Crippen molar-refractivity contribution in [3.8, 4) is 0 Å². The lowest BCUT2D eigenvalue weighted by Gasteiger charge is -2.66. The van der Waals surface area contributed by atoms with Crippen molar-refractivity contribution in [3.05, 3.63) is 0 Å². The van der Waals surface area contributed by atoms with Crippen molar-refractivity contribution in [2.24, 2.45) is 34.4 Å². The van der Waals surface area contributed by atoms with Crippen LogP contribution >= 0.6 is 0 Å². The summed E-state index contributed by atoms with van der Waals surface area (Å²) in [6.45, 7) is 4.43. The molecule has 0 atom stereocenters. The highest BCUT2D eigenvalue weighted by Crippen LogP contribution is 2.32. The summed E-state index contributed by atoms with van der Waals surface area (Å²) in [6.07, 6.45) is 2.53. The van der Waals surface area contributed by atoms with Crippen LogP contribution in [-0.4, -0.2) is 129 Å². The second-order valence-electron chi connectivity index (χ2n) is 9.33. The van der Waals surface area contributed by atoms with E-state index in [1.165, 1.54) is 0 Å². The average molecular weight is 433 g/mol. The van der Waals surface area contributed by atoms with Crippen LogP contribution in [0.5, 0.6) is 0 Å². The Kier molecular flexibility index (Phi) is 10.0. The van der Waals surface area contributed by atoms with Gasteiger partial charge in [0, 0.05) is 19.6 Å². The summed E-state index contributed by atoms with van der Waals surface area (Å²) in [4.78, 5) is 6.35. The molecule has 1 aliphatic rings. The monoisotopic (exact) mass is 432 g/mol. The van der Waals surface area contributed by atoms with E-state index in [2.05, 4.69) is 14.7 Å². The third-order valence-corrected chi connectivity index (χ3v) is 5.65. The van der Waals surface area contributed by atoms with E-state index in [9.17, 15) is 0 Å². The minimum absolute atomic E-state index is 0.573. The molecule has 0 aromatic carbocycles. The second kappa shape index (κ2) is 10.9. The topological polar surface area (TPSA) is 176 Å². The summed E-state index contributed by atoms with van der Waals surface area (Å²) >= 11 is 0. The van der Waals surface area contributed by atoms with Crippen molar-refractivity contribution in [1.29, 1.82) is 0 Å². The van der Waals surface area contributed by atoms with E-state index in [1.54, 1.807) is 0 Å². The first kappa shape index (κ1) is 27.6. The SMILES string of the molecule is CN(C)CCCN1N(CCCN(C)C)C(N)(N)C(N)(N)C(N)(N)N1CCCN(C)C. The zero-order valence-corrected chi connectivity index (χ0v) is 20.0. The van der Waals surface area contributed by atoms with Crippen LogP contribution in [0.25, 0.3) is 0 Å². The molecule has 12 N–H and O–H groups in total. The molecular weight excluding hydrogens is 384 g/mol. The highest BCUT2D eigenvalue weighted by atomic mass is 15.9. The van der Waals surface area contributed by atoms with E-state index in [0.29, 0.717) is 19.6 Å². The Hall–Kier alpha value is -0.480. The van der Waals surface area contributed by atoms with Gasteiger partial charge in [-0.05, 0) is 81.2 Å². The molecule has 1 rings (SSSR count). The van der Waals surface area contributed by atoms with Gasteiger partial charge in [0.2, 0.25) is 0 Å². The molecule has 30 heavy (non-hydrogen) atoms. The lowest BCUT2D eigenvalue weighted by molar-refractivity contribution is -0.338. The molecule has 12 heteroatoms. The first-order valence-electron chi connectivity index (χ1n) is 10.7. The lowest BCUT2D eigenvalue weighted by atomic mass is 9.92. The Morgan fingerprint density at radius 3 is 1.13 bits per heavy atom. The van der Waals surface area contributed by atoms with Crippen LogP contribution in [0, 0.1) is 0 Å². The first-order valence-corrected chi connectivity index (χ1v) is 10.7. The van der Waals surface area contributed by atoms with E-state index in [1.807, 2.05) is 57.4 Å². The van der Waals surface area contributed by atoms with Crippen LogP contribution in [0.3, 0.4) is 0 Å². The minimum Gasteiger partial charge on any atom is -0.309 e. The fourth-order valence-electron chi connectivity index (χ4n) is 3.70. The largest absolute Gasteiger partial charge is 0.309 e. The van der Waals surface area contributed by atoms with E-state index in [0.717, 1.165) is 38.9 Å². The molecule has 1 fully saturated rings. The first-order chi connectivity index (χ1) is 13.7. The van der Waals surface area contributed by atoms with Gasteiger partial charge in [-0.1, -0.05) is 0 Å². The van der Waals surface area contributed by atoms with Gasteiger partial charge in [0.15, 0.2) is 17.2 Å². The number of rotatable bonds is 12. The van der Waals surface area contributed by atoms with Crippen LogP contribution in [0.4, 0.5) is 0 Å². The maximum Gasteiger partial charge on any atom is 0.171 e. The van der Waals surface area contributed by atoms with E-state index >= 15 is 0 Å². The van der Waals surface area contributed by atoms with E-state index in [-0.39, 0.29) is 0 Å². The molecule has 0 spiro atoms. The molecule has 0 amide bonds. The van der Waals surface area contributed by atoms with Gasteiger partial charge in [-0.3, -0.25) is 22.9 Å². The molecule has 0 saturated carbocycles. The minimum atomic E-state index is -1.76. The predicted octanol–water partition coefficient (Wildman–Crippen LogP) is -3.65. The smallest absolute Gasteiger partial charge is 0.171 e. The van der Waals surface area contributed by atoms with Gasteiger partial charge in [0.25, 0.3) is 0 Å². The summed E-state index contributed by atoms with van der Waals surface area (Å²) in [6, 6.07) is 0. The highest BCUT2D eigenvalue weighted by Gasteiger charge is 2.64. The standard InChI is InChI=1S/C18H48N12/c1-25(2)10-7-13-28-17(21,22)16(19,20)18(23,24)29(14-8-11-26(3)4)30(28)15-9-12-27(5)6/h7-15,19-24H2,1-6H3. The molecule has 0 aromatic heterocycles. The normalized spacial score (nSPS) is 22.5. The van der Waals surface area contributed by atoms with Crippen molar-refractivity contribution < 1.29 is 0 Å². The summed E-state index contributed by atoms with van der Waals surface area (Å²) in [5.74, 6) is -3.25. The maximum atomic E-state index is 6.55. The summed E-state index contributed by atoms with van der Waals surface area (Å²) < 4.78 is 0. The molecule has 180 valence electrons. The van der Waals surface area contributed by atoms with Crippen LogP contribution in [-0.2, 0) is 0 Å². The Morgan fingerprint density at radius 1 is 0.533 bits per heavy atom. The molecule has 0 bridgehead atoms. The molecule has 12 nitrogen and oxygen atoms in total. The molecule has 1 saturated heterocycles. The van der Waals surface area contributed by atoms with Gasteiger partial charge in [0.05, 0.1) is 0 Å². The molecule has 0 aromatic rings. The van der Waals surface area contributed by atoms with Crippen molar-refractivity contribution in [2.45, 2.75) is 36.5 Å². The number of hydrazine groups is 2. The second-order valence-corrected chi connectivity index (χ2v) is 9.33. The number of hydrogen-bond acceptors (Lipinski definition) is 12. The maximum absolute atomic E-state index is 6.55. The van der Waals surface area contributed by atoms with Gasteiger partial charge in [-0.2, -0.15) is 15.1 Å². The average Bonchev–Trinajstić information content (AvgIpc) is 2.58. The summed E-state index contributed by atoms with van der Waals surface area (Å²) in [5, 5.41) is 5.67. The van der Waals surface area contributed by atoms with Gasteiger partial charge in [-0.25, -0.2) is 0 Å². The number of nitrogens with two attached hydrogens (primary N) is 6. The number of hydrogen-bond donors (Lipinski definition) is 6.